The summed E-state index contributed by atoms with van der Waals surface area (Å²) in [5.41, 5.74) is 5.86. The minimum absolute atomic E-state index is 0.152. The fourth-order valence-electron chi connectivity index (χ4n) is 4.75. The van der Waals surface area contributed by atoms with Crippen LogP contribution in [-0.2, 0) is 21.3 Å². The molecule has 1 N–H and O–H groups in total. The van der Waals surface area contributed by atoms with Crippen molar-refractivity contribution in [1.82, 2.24) is 4.90 Å². The molecule has 6 rings (SSSR count). The molecule has 0 aliphatic carbocycles. The number of carbonyl (C=O) groups is 1. The molecule has 0 radical (unpaired) electrons. The number of para-hydroxylation sites is 3. The molecule has 1 unspecified atom stereocenters. The van der Waals surface area contributed by atoms with Gasteiger partial charge in [-0.15, -0.1) is 0 Å². The predicted molar refractivity (Wildman–Crippen MR) is 158 cm³/mol. The molecule has 4 aromatic rings. The van der Waals surface area contributed by atoms with Crippen LogP contribution in [0.4, 0.5) is 17.1 Å². The van der Waals surface area contributed by atoms with E-state index in [-0.39, 0.29) is 4.32 Å². The highest BCUT2D eigenvalue weighted by Gasteiger charge is 2.38. The molecule has 0 bridgehead atoms. The molecular formula is C29H22N2O5S3. The number of fused-ring (bicyclic) bond motifs is 2. The SMILES string of the molecule is O=C1C(Cc2ccc(-c3ccc4c(c3)Oc3ccccc3N4c3ccccc3)cc2)SC(=S)N1CS(=O)(=O)O. The molecule has 0 aromatic heterocycles. The van der Waals surface area contributed by atoms with Crippen LogP contribution < -0.4 is 9.64 Å². The van der Waals surface area contributed by atoms with Crippen molar-refractivity contribution in [3.63, 3.8) is 0 Å². The second-order valence-corrected chi connectivity index (χ2v) is 12.4. The van der Waals surface area contributed by atoms with Gasteiger partial charge >= 0.3 is 0 Å². The molecule has 2 aliphatic rings. The van der Waals surface area contributed by atoms with Gasteiger partial charge in [-0.3, -0.25) is 14.2 Å². The number of rotatable bonds is 6. The summed E-state index contributed by atoms with van der Waals surface area (Å²) in [7, 11) is -4.36. The number of nitrogens with zero attached hydrogens (tertiary/aromatic N) is 2. The Labute approximate surface area is 235 Å². The summed E-state index contributed by atoms with van der Waals surface area (Å²) >= 11 is 6.29. The number of anilines is 3. The van der Waals surface area contributed by atoms with E-state index in [1.807, 2.05) is 72.8 Å². The number of thioether (sulfide) groups is 1. The highest BCUT2D eigenvalue weighted by molar-refractivity contribution is 8.24. The largest absolute Gasteiger partial charge is 0.453 e. The molecule has 1 amide bonds. The van der Waals surface area contributed by atoms with Crippen molar-refractivity contribution in [3.05, 3.63) is 103 Å². The molecule has 7 nitrogen and oxygen atoms in total. The Kier molecular flexibility index (Phi) is 6.64. The van der Waals surface area contributed by atoms with Gasteiger partial charge in [0.25, 0.3) is 10.1 Å². The number of hydrogen-bond acceptors (Lipinski definition) is 7. The third-order valence-corrected chi connectivity index (χ3v) is 8.72. The minimum Gasteiger partial charge on any atom is -0.453 e. The Morgan fingerprint density at radius 3 is 2.26 bits per heavy atom. The summed E-state index contributed by atoms with van der Waals surface area (Å²) < 4.78 is 38.1. The lowest BCUT2D eigenvalue weighted by molar-refractivity contribution is -0.125. The van der Waals surface area contributed by atoms with Gasteiger partial charge in [0.05, 0.1) is 16.6 Å². The van der Waals surface area contributed by atoms with Crippen LogP contribution in [-0.4, -0.2) is 39.2 Å². The van der Waals surface area contributed by atoms with Crippen LogP contribution in [0.3, 0.4) is 0 Å². The van der Waals surface area contributed by atoms with Gasteiger partial charge in [-0.1, -0.05) is 84.6 Å². The summed E-state index contributed by atoms with van der Waals surface area (Å²) in [5.74, 6) is 0.294. The third-order valence-electron chi connectivity index (χ3n) is 6.55. The highest BCUT2D eigenvalue weighted by Crippen LogP contribution is 2.51. The topological polar surface area (TPSA) is 87.2 Å². The highest BCUT2D eigenvalue weighted by atomic mass is 32.2. The van der Waals surface area contributed by atoms with Gasteiger partial charge in [0.2, 0.25) is 5.91 Å². The summed E-state index contributed by atoms with van der Waals surface area (Å²) in [4.78, 5) is 15.8. The summed E-state index contributed by atoms with van der Waals surface area (Å²) in [6.45, 7) is 0. The van der Waals surface area contributed by atoms with Crippen LogP contribution >= 0.6 is 24.0 Å². The minimum atomic E-state index is -4.36. The average molecular weight is 575 g/mol. The molecule has 0 spiro atoms. The quantitative estimate of drug-likeness (QED) is 0.181. The fraction of sp³-hybridized carbons (Fsp3) is 0.103. The van der Waals surface area contributed by atoms with Gasteiger partial charge in [0.15, 0.2) is 17.4 Å². The Hall–Kier alpha value is -3.70. The standard InChI is InChI=1S/C29H22N2O5S3/c32-28-27(38-29(37)30(28)18-39(33,34)35)16-19-10-12-20(13-11-19)21-14-15-24-26(17-21)36-25-9-5-4-8-23(25)31(24)22-6-2-1-3-7-22/h1-15,17,27H,16,18H2,(H,33,34,35). The first kappa shape index (κ1) is 25.6. The number of carbonyl (C=O) groups excluding carboxylic acids is 1. The van der Waals surface area contributed by atoms with E-state index in [1.165, 1.54) is 0 Å². The second kappa shape index (κ2) is 10.1. The van der Waals surface area contributed by atoms with Gasteiger partial charge < -0.3 is 9.64 Å². The maximum Gasteiger partial charge on any atom is 0.283 e. The van der Waals surface area contributed by atoms with Crippen LogP contribution in [0.1, 0.15) is 5.56 Å². The first-order valence-corrected chi connectivity index (χ1v) is 15.0. The van der Waals surface area contributed by atoms with E-state index in [0.29, 0.717) is 6.42 Å². The molecule has 2 heterocycles. The van der Waals surface area contributed by atoms with Crippen LogP contribution in [0.5, 0.6) is 11.5 Å². The van der Waals surface area contributed by atoms with E-state index in [0.717, 1.165) is 61.9 Å². The maximum absolute atomic E-state index is 12.7. The lowest BCUT2D eigenvalue weighted by atomic mass is 10.0. The number of thiocarbonyl (C=S) groups is 1. The van der Waals surface area contributed by atoms with Crippen LogP contribution in [0.2, 0.25) is 0 Å². The summed E-state index contributed by atoms with van der Waals surface area (Å²) in [6, 6.07) is 32.1. The summed E-state index contributed by atoms with van der Waals surface area (Å²) in [5, 5.41) is -0.536. The van der Waals surface area contributed by atoms with E-state index in [4.69, 9.17) is 21.5 Å². The lowest BCUT2D eigenvalue weighted by Crippen LogP contribution is -2.36. The van der Waals surface area contributed by atoms with Crippen molar-refractivity contribution in [1.29, 1.82) is 0 Å². The number of benzene rings is 4. The molecule has 10 heteroatoms. The lowest BCUT2D eigenvalue weighted by Gasteiger charge is -2.33. The van der Waals surface area contributed by atoms with E-state index in [2.05, 4.69) is 29.2 Å². The second-order valence-electron chi connectivity index (χ2n) is 9.17. The Balaban J connectivity index is 1.24. The smallest absolute Gasteiger partial charge is 0.283 e. The third kappa shape index (κ3) is 5.16. The number of amides is 1. The first-order chi connectivity index (χ1) is 18.8. The molecule has 4 aromatic carbocycles. The summed E-state index contributed by atoms with van der Waals surface area (Å²) in [6.07, 6.45) is 0.391. The van der Waals surface area contributed by atoms with Crippen molar-refractivity contribution in [2.45, 2.75) is 11.7 Å². The van der Waals surface area contributed by atoms with E-state index in [9.17, 15) is 13.2 Å². The zero-order valence-electron chi connectivity index (χ0n) is 20.4. The maximum atomic E-state index is 12.7. The van der Waals surface area contributed by atoms with Crippen LogP contribution in [0.25, 0.3) is 11.1 Å². The Bertz CT molecular complexity index is 1690. The van der Waals surface area contributed by atoms with Gasteiger partial charge in [-0.25, -0.2) is 0 Å². The molecule has 2 aliphatic heterocycles. The molecule has 1 atom stereocenters. The van der Waals surface area contributed by atoms with Crippen molar-refractivity contribution in [2.75, 3.05) is 10.8 Å². The fourth-order valence-corrected chi connectivity index (χ4v) is 7.03. The van der Waals surface area contributed by atoms with E-state index >= 15 is 0 Å². The van der Waals surface area contributed by atoms with Crippen molar-refractivity contribution < 1.29 is 22.5 Å². The first-order valence-electron chi connectivity index (χ1n) is 12.1. The Morgan fingerprint density at radius 2 is 1.51 bits per heavy atom. The van der Waals surface area contributed by atoms with Crippen LogP contribution in [0.15, 0.2) is 97.1 Å². The van der Waals surface area contributed by atoms with Crippen molar-refractivity contribution in [3.8, 4) is 22.6 Å². The monoisotopic (exact) mass is 574 g/mol. The number of hydrogen-bond donors (Lipinski definition) is 1. The molecule has 1 saturated heterocycles. The van der Waals surface area contributed by atoms with E-state index < -0.39 is 27.2 Å². The zero-order chi connectivity index (χ0) is 27.1. The molecule has 39 heavy (non-hydrogen) atoms. The molecular weight excluding hydrogens is 553 g/mol. The zero-order valence-corrected chi connectivity index (χ0v) is 22.9. The van der Waals surface area contributed by atoms with Crippen molar-refractivity contribution in [2.24, 2.45) is 0 Å². The molecule has 1 fully saturated rings. The number of ether oxygens (including phenoxy) is 1. The van der Waals surface area contributed by atoms with E-state index in [1.54, 1.807) is 0 Å². The van der Waals surface area contributed by atoms with Crippen molar-refractivity contribution >= 4 is 61.4 Å². The van der Waals surface area contributed by atoms with Gasteiger partial charge in [0.1, 0.15) is 4.32 Å². The molecule has 196 valence electrons. The Morgan fingerprint density at radius 1 is 0.846 bits per heavy atom. The van der Waals surface area contributed by atoms with Gasteiger partial charge in [0, 0.05) is 5.69 Å². The predicted octanol–water partition coefficient (Wildman–Crippen LogP) is 6.55. The molecule has 0 saturated carbocycles. The average Bonchev–Trinajstić information content (AvgIpc) is 3.18. The normalized spacial score (nSPS) is 16.6. The van der Waals surface area contributed by atoms with Crippen LogP contribution in [0, 0.1) is 0 Å². The van der Waals surface area contributed by atoms with Gasteiger partial charge in [-0.2, -0.15) is 8.42 Å². The van der Waals surface area contributed by atoms with Gasteiger partial charge in [-0.05, 0) is 59.5 Å².